The van der Waals surface area contributed by atoms with E-state index in [4.69, 9.17) is 10.5 Å². The van der Waals surface area contributed by atoms with E-state index < -0.39 is 19.8 Å². The van der Waals surface area contributed by atoms with E-state index >= 15 is 0 Å². The molecule has 0 aliphatic heterocycles. The zero-order valence-electron chi connectivity index (χ0n) is 14.3. The van der Waals surface area contributed by atoms with Crippen LogP contribution in [0.5, 0.6) is 0 Å². The highest BCUT2D eigenvalue weighted by atomic mass is 79.9. The molecule has 2 aromatic heterocycles. The van der Waals surface area contributed by atoms with Crippen molar-refractivity contribution in [2.24, 2.45) is 5.73 Å². The number of nitrogens with zero attached hydrogens (tertiary/aromatic N) is 3. The highest BCUT2D eigenvalue weighted by Gasteiger charge is 2.21. The van der Waals surface area contributed by atoms with Gasteiger partial charge in [0.15, 0.2) is 5.65 Å². The Hall–Kier alpha value is -1.71. The summed E-state index contributed by atoms with van der Waals surface area (Å²) in [4.78, 5) is 11.8. The zero-order valence-corrected chi connectivity index (χ0v) is 16.9. The highest BCUT2D eigenvalue weighted by molar-refractivity contribution is 9.10. The molecular weight excluding hydrogens is 407 g/mol. The van der Waals surface area contributed by atoms with E-state index in [2.05, 4.69) is 40.7 Å². The number of rotatable bonds is 6. The SMILES string of the molecule is C[Si](C)(C)CCOCn1c2cc(F)cc(C(N)=O)c2n2ncc(Br)c12. The molecular formula is C16H20BrFN4O2Si. The second-order valence-electron chi connectivity index (χ2n) is 7.19. The lowest BCUT2D eigenvalue weighted by atomic mass is 10.1. The van der Waals surface area contributed by atoms with Gasteiger partial charge in [-0.15, -0.1) is 0 Å². The molecule has 134 valence electrons. The van der Waals surface area contributed by atoms with Gasteiger partial charge in [-0.25, -0.2) is 8.91 Å². The number of halogens is 2. The van der Waals surface area contributed by atoms with Gasteiger partial charge in [-0.3, -0.25) is 9.36 Å². The molecule has 0 spiro atoms. The molecule has 1 amide bonds. The van der Waals surface area contributed by atoms with Crippen LogP contribution >= 0.6 is 15.9 Å². The predicted molar refractivity (Wildman–Crippen MR) is 101 cm³/mol. The fourth-order valence-electron chi connectivity index (χ4n) is 2.71. The molecule has 9 heteroatoms. The summed E-state index contributed by atoms with van der Waals surface area (Å²) in [6, 6.07) is 3.53. The molecule has 3 aromatic rings. The van der Waals surface area contributed by atoms with Gasteiger partial charge in [-0.05, 0) is 34.1 Å². The first-order chi connectivity index (χ1) is 11.7. The van der Waals surface area contributed by atoms with Crippen LogP contribution in [-0.4, -0.2) is 34.8 Å². The number of ether oxygens (including phenoxy) is 1. The average Bonchev–Trinajstić information content (AvgIpc) is 3.01. The summed E-state index contributed by atoms with van der Waals surface area (Å²) in [6.45, 7) is 7.71. The van der Waals surface area contributed by atoms with Crippen molar-refractivity contribution in [1.29, 1.82) is 0 Å². The van der Waals surface area contributed by atoms with Crippen LogP contribution in [0.25, 0.3) is 16.7 Å². The van der Waals surface area contributed by atoms with Crippen molar-refractivity contribution >= 4 is 46.6 Å². The molecule has 25 heavy (non-hydrogen) atoms. The van der Waals surface area contributed by atoms with E-state index in [9.17, 15) is 9.18 Å². The molecule has 2 N–H and O–H groups in total. The van der Waals surface area contributed by atoms with Crippen molar-refractivity contribution in [3.8, 4) is 0 Å². The third kappa shape index (κ3) is 3.49. The number of fused-ring (bicyclic) bond motifs is 3. The molecule has 0 radical (unpaired) electrons. The van der Waals surface area contributed by atoms with Crippen LogP contribution in [0.3, 0.4) is 0 Å². The predicted octanol–water partition coefficient (Wildman–Crippen LogP) is 3.60. The Morgan fingerprint density at radius 3 is 2.76 bits per heavy atom. The van der Waals surface area contributed by atoms with Crippen molar-refractivity contribution < 1.29 is 13.9 Å². The second kappa shape index (κ2) is 6.54. The third-order valence-electron chi connectivity index (χ3n) is 4.00. The summed E-state index contributed by atoms with van der Waals surface area (Å²) < 4.78 is 24.0. The molecule has 0 saturated heterocycles. The number of benzene rings is 1. The molecule has 3 rings (SSSR count). The Bertz CT molecular complexity index is 961. The average molecular weight is 427 g/mol. The minimum absolute atomic E-state index is 0.0939. The Morgan fingerprint density at radius 1 is 1.40 bits per heavy atom. The summed E-state index contributed by atoms with van der Waals surface area (Å²) in [5.74, 6) is -1.23. The first kappa shape index (κ1) is 18.1. The van der Waals surface area contributed by atoms with Gasteiger partial charge in [0.05, 0.1) is 21.7 Å². The molecule has 0 atom stereocenters. The van der Waals surface area contributed by atoms with Gasteiger partial charge in [-0.2, -0.15) is 5.10 Å². The first-order valence-electron chi connectivity index (χ1n) is 7.91. The normalized spacial score (nSPS) is 12.4. The van der Waals surface area contributed by atoms with Crippen molar-refractivity contribution in [3.63, 3.8) is 0 Å². The quantitative estimate of drug-likeness (QED) is 0.483. The van der Waals surface area contributed by atoms with Crippen molar-refractivity contribution in [2.45, 2.75) is 32.4 Å². The fourth-order valence-corrected chi connectivity index (χ4v) is 3.94. The van der Waals surface area contributed by atoms with Crippen molar-refractivity contribution in [3.05, 3.63) is 34.2 Å². The molecule has 0 aliphatic carbocycles. The van der Waals surface area contributed by atoms with Crippen LogP contribution in [0.15, 0.2) is 22.8 Å². The number of carbonyl (C=O) groups excluding carboxylic acids is 1. The Kier molecular flexibility index (Phi) is 4.73. The van der Waals surface area contributed by atoms with E-state index in [1.807, 2.05) is 0 Å². The lowest BCUT2D eigenvalue weighted by molar-refractivity contribution is 0.0924. The number of hydrogen-bond acceptors (Lipinski definition) is 3. The van der Waals surface area contributed by atoms with E-state index in [0.29, 0.717) is 23.3 Å². The van der Waals surface area contributed by atoms with Gasteiger partial charge in [0.2, 0.25) is 0 Å². The largest absolute Gasteiger partial charge is 0.366 e. The number of aromatic nitrogens is 3. The summed E-state index contributed by atoms with van der Waals surface area (Å²) >= 11 is 3.45. The number of amides is 1. The van der Waals surface area contributed by atoms with Crippen molar-refractivity contribution in [1.82, 2.24) is 14.2 Å². The summed E-state index contributed by atoms with van der Waals surface area (Å²) in [7, 11) is -1.20. The van der Waals surface area contributed by atoms with Gasteiger partial charge < -0.3 is 10.5 Å². The number of carbonyl (C=O) groups is 1. The molecule has 0 fully saturated rings. The number of nitrogens with two attached hydrogens (primary N) is 1. The van der Waals surface area contributed by atoms with Crippen LogP contribution in [0.1, 0.15) is 10.4 Å². The lowest BCUT2D eigenvalue weighted by Gasteiger charge is -2.16. The van der Waals surface area contributed by atoms with E-state index in [1.54, 1.807) is 15.3 Å². The maximum atomic E-state index is 14.0. The van der Waals surface area contributed by atoms with E-state index in [1.165, 1.54) is 6.07 Å². The summed E-state index contributed by atoms with van der Waals surface area (Å²) in [5.41, 5.74) is 7.21. The zero-order chi connectivity index (χ0) is 18.4. The number of primary amides is 1. The maximum Gasteiger partial charge on any atom is 0.251 e. The topological polar surface area (TPSA) is 74.5 Å². The van der Waals surface area contributed by atoms with Crippen LogP contribution in [0.2, 0.25) is 25.7 Å². The molecule has 2 heterocycles. The highest BCUT2D eigenvalue weighted by Crippen LogP contribution is 2.29. The van der Waals surface area contributed by atoms with Gasteiger partial charge in [0.1, 0.15) is 18.1 Å². The molecule has 0 unspecified atom stereocenters. The minimum Gasteiger partial charge on any atom is -0.366 e. The van der Waals surface area contributed by atoms with Crippen LogP contribution in [-0.2, 0) is 11.5 Å². The van der Waals surface area contributed by atoms with Gasteiger partial charge in [-0.1, -0.05) is 19.6 Å². The minimum atomic E-state index is -1.20. The van der Waals surface area contributed by atoms with Crippen LogP contribution in [0.4, 0.5) is 4.39 Å². The Labute approximate surface area is 153 Å². The number of imidazole rings is 1. The van der Waals surface area contributed by atoms with Gasteiger partial charge >= 0.3 is 0 Å². The first-order valence-corrected chi connectivity index (χ1v) is 12.4. The van der Waals surface area contributed by atoms with Crippen LogP contribution in [0, 0.1) is 5.82 Å². The smallest absolute Gasteiger partial charge is 0.251 e. The standard InChI is InChI=1S/C16H20BrFN4O2Si/c1-25(2,3)5-4-24-9-21-13-7-10(18)6-11(15(19)23)14(13)22-16(21)12(17)8-20-22/h6-8H,4-5,9H2,1-3H3,(H2,19,23). The van der Waals surface area contributed by atoms with Crippen molar-refractivity contribution in [2.75, 3.05) is 6.61 Å². The fraction of sp³-hybridized carbons (Fsp3) is 0.375. The lowest BCUT2D eigenvalue weighted by Crippen LogP contribution is -2.22. The van der Waals surface area contributed by atoms with E-state index in [-0.39, 0.29) is 12.3 Å². The molecule has 0 aliphatic rings. The Balaban J connectivity index is 2.09. The van der Waals surface area contributed by atoms with Gasteiger partial charge in [0, 0.05) is 14.7 Å². The summed E-state index contributed by atoms with van der Waals surface area (Å²) in [5, 5.41) is 4.28. The van der Waals surface area contributed by atoms with Crippen LogP contribution < -0.4 is 5.73 Å². The number of hydrogen-bond donors (Lipinski definition) is 1. The third-order valence-corrected chi connectivity index (χ3v) is 6.26. The molecule has 1 aromatic carbocycles. The Morgan fingerprint density at radius 2 is 2.12 bits per heavy atom. The van der Waals surface area contributed by atoms with Gasteiger partial charge in [0.25, 0.3) is 5.91 Å². The second-order valence-corrected chi connectivity index (χ2v) is 13.7. The molecule has 0 bridgehead atoms. The molecule has 0 saturated carbocycles. The maximum absolute atomic E-state index is 14.0. The monoisotopic (exact) mass is 426 g/mol. The molecule has 6 nitrogen and oxygen atoms in total. The van der Waals surface area contributed by atoms with E-state index in [0.717, 1.165) is 16.6 Å². The summed E-state index contributed by atoms with van der Waals surface area (Å²) in [6.07, 6.45) is 1.63.